The summed E-state index contributed by atoms with van der Waals surface area (Å²) in [4.78, 5) is 17.5. The van der Waals surface area contributed by atoms with Gasteiger partial charge in [-0.2, -0.15) is 0 Å². The number of halogens is 1. The van der Waals surface area contributed by atoms with Gasteiger partial charge in [-0.1, -0.05) is 36.4 Å². The van der Waals surface area contributed by atoms with Crippen molar-refractivity contribution in [3.05, 3.63) is 119 Å². The Kier molecular flexibility index (Phi) is 6.13. The number of aromatic nitrogens is 2. The number of hydrogen-bond acceptors (Lipinski definition) is 5. The molecule has 174 valence electrons. The normalized spacial score (nSPS) is 10.8. The summed E-state index contributed by atoms with van der Waals surface area (Å²) < 4.78 is 27.7. The minimum atomic E-state index is -0.605. The van der Waals surface area contributed by atoms with Gasteiger partial charge in [0.15, 0.2) is 11.1 Å². The summed E-state index contributed by atoms with van der Waals surface area (Å²) in [5.41, 5.74) is 1.67. The van der Waals surface area contributed by atoms with Crippen molar-refractivity contribution in [3.63, 3.8) is 0 Å². The summed E-state index contributed by atoms with van der Waals surface area (Å²) in [6.07, 6.45) is 0. The number of nitrogens with zero attached hydrogens (tertiary/aromatic N) is 2. The van der Waals surface area contributed by atoms with E-state index in [4.69, 9.17) is 9.47 Å². The van der Waals surface area contributed by atoms with Gasteiger partial charge in [0.1, 0.15) is 35.4 Å². The Morgan fingerprint density at radius 2 is 1.54 bits per heavy atom. The van der Waals surface area contributed by atoms with Gasteiger partial charge in [0.05, 0.1) is 12.5 Å². The van der Waals surface area contributed by atoms with Gasteiger partial charge in [-0.25, -0.2) is 9.37 Å². The molecule has 0 radical (unpaired) electrons. The Bertz CT molecular complexity index is 1520. The van der Waals surface area contributed by atoms with Crippen molar-refractivity contribution >= 4 is 22.5 Å². The van der Waals surface area contributed by atoms with Gasteiger partial charge < -0.3 is 14.8 Å². The monoisotopic (exact) mass is 467 g/mol. The van der Waals surface area contributed by atoms with Gasteiger partial charge >= 0.3 is 0 Å². The fraction of sp³-hybridized carbons (Fsp3) is 0.0714. The number of pyridine rings is 2. The van der Waals surface area contributed by atoms with E-state index in [0.29, 0.717) is 23.0 Å². The first kappa shape index (κ1) is 22.2. The fourth-order valence-corrected chi connectivity index (χ4v) is 3.77. The molecule has 6 nitrogen and oxygen atoms in total. The molecule has 0 unspecified atom stereocenters. The average Bonchev–Trinajstić information content (AvgIpc) is 2.89. The third-order valence-corrected chi connectivity index (χ3v) is 5.51. The molecule has 0 aliphatic rings. The summed E-state index contributed by atoms with van der Waals surface area (Å²) in [5, 5.41) is 3.47. The van der Waals surface area contributed by atoms with Crippen LogP contribution >= 0.6 is 0 Å². The van der Waals surface area contributed by atoms with Crippen LogP contribution in [0.5, 0.6) is 11.5 Å². The van der Waals surface area contributed by atoms with Crippen LogP contribution in [0.4, 0.5) is 15.9 Å². The van der Waals surface area contributed by atoms with Crippen molar-refractivity contribution in [1.82, 2.24) is 9.55 Å². The molecule has 0 fully saturated rings. The first-order valence-electron chi connectivity index (χ1n) is 11.0. The number of benzene rings is 3. The van der Waals surface area contributed by atoms with Gasteiger partial charge in [0, 0.05) is 17.4 Å². The van der Waals surface area contributed by atoms with Crippen LogP contribution in [0.3, 0.4) is 0 Å². The first-order chi connectivity index (χ1) is 17.1. The minimum absolute atomic E-state index is 0.0919. The number of rotatable bonds is 7. The number of nitrogens with one attached hydrogen (secondary N) is 1. The van der Waals surface area contributed by atoms with Gasteiger partial charge in [-0.3, -0.25) is 9.36 Å². The van der Waals surface area contributed by atoms with Crippen molar-refractivity contribution in [3.8, 4) is 17.2 Å². The van der Waals surface area contributed by atoms with E-state index in [-0.39, 0.29) is 23.1 Å². The summed E-state index contributed by atoms with van der Waals surface area (Å²) >= 11 is 0. The maximum atomic E-state index is 15.0. The van der Waals surface area contributed by atoms with Gasteiger partial charge in [0.2, 0.25) is 0 Å². The predicted molar refractivity (Wildman–Crippen MR) is 134 cm³/mol. The average molecular weight is 468 g/mol. The maximum absolute atomic E-state index is 15.0. The standard InChI is InChI=1S/C28H22FN3O3/c1-34-21-12-14-22(15-13-21)35-18-25-24(29)16-23-26(33)17-27(30-19-8-4-2-5-9-19)32(28(23)31-25)20-10-6-3-7-11-20/h2-17,30H,18H2,1H3. The molecule has 0 aliphatic heterocycles. The van der Waals surface area contributed by atoms with E-state index in [1.165, 1.54) is 12.1 Å². The van der Waals surface area contributed by atoms with E-state index in [1.54, 1.807) is 35.9 Å². The van der Waals surface area contributed by atoms with E-state index in [2.05, 4.69) is 10.3 Å². The number of para-hydroxylation sites is 2. The number of ether oxygens (including phenoxy) is 2. The lowest BCUT2D eigenvalue weighted by molar-refractivity contribution is 0.294. The Balaban J connectivity index is 1.61. The smallest absolute Gasteiger partial charge is 0.193 e. The highest BCUT2D eigenvalue weighted by Crippen LogP contribution is 2.26. The topological polar surface area (TPSA) is 65.4 Å². The van der Waals surface area contributed by atoms with Gasteiger partial charge in [-0.15, -0.1) is 0 Å². The zero-order valence-electron chi connectivity index (χ0n) is 18.9. The summed E-state index contributed by atoms with van der Waals surface area (Å²) in [5.74, 6) is 1.15. The fourth-order valence-electron chi connectivity index (χ4n) is 3.77. The first-order valence-corrected chi connectivity index (χ1v) is 11.0. The second kappa shape index (κ2) is 9.69. The lowest BCUT2D eigenvalue weighted by atomic mass is 10.2. The lowest BCUT2D eigenvalue weighted by Crippen LogP contribution is -2.15. The second-order valence-electron chi connectivity index (χ2n) is 7.81. The number of methoxy groups -OCH3 is 1. The predicted octanol–water partition coefficient (Wildman–Crippen LogP) is 5.86. The highest BCUT2D eigenvalue weighted by atomic mass is 19.1. The minimum Gasteiger partial charge on any atom is -0.497 e. The number of hydrogen-bond donors (Lipinski definition) is 1. The zero-order valence-corrected chi connectivity index (χ0v) is 18.9. The molecule has 5 aromatic rings. The zero-order chi connectivity index (χ0) is 24.2. The molecule has 0 saturated heterocycles. The van der Waals surface area contributed by atoms with Crippen LogP contribution in [0, 0.1) is 5.82 Å². The Hall–Kier alpha value is -4.65. The van der Waals surface area contributed by atoms with E-state index in [9.17, 15) is 9.18 Å². The summed E-state index contributed by atoms with van der Waals surface area (Å²) in [7, 11) is 1.58. The molecule has 0 spiro atoms. The molecule has 0 saturated carbocycles. The molecule has 1 N–H and O–H groups in total. The van der Waals surface area contributed by atoms with Crippen molar-refractivity contribution in [2.45, 2.75) is 6.61 Å². The van der Waals surface area contributed by atoms with E-state index < -0.39 is 5.82 Å². The number of anilines is 2. The van der Waals surface area contributed by atoms with Crippen LogP contribution in [-0.2, 0) is 6.61 Å². The Labute approximate surface area is 201 Å². The molecule has 5 rings (SSSR count). The SMILES string of the molecule is COc1ccc(OCc2nc3c(cc2F)c(=O)cc(Nc2ccccc2)n3-c2ccccc2)cc1. The molecular weight excluding hydrogens is 445 g/mol. The van der Waals surface area contributed by atoms with Crippen molar-refractivity contribution in [1.29, 1.82) is 0 Å². The van der Waals surface area contributed by atoms with E-state index >= 15 is 0 Å². The third kappa shape index (κ3) is 4.70. The van der Waals surface area contributed by atoms with Crippen LogP contribution < -0.4 is 20.2 Å². The molecule has 7 heteroatoms. The quantitative estimate of drug-likeness (QED) is 0.325. The summed E-state index contributed by atoms with van der Waals surface area (Å²) in [6, 6.07) is 28.7. The highest BCUT2D eigenvalue weighted by Gasteiger charge is 2.17. The maximum Gasteiger partial charge on any atom is 0.193 e. The largest absolute Gasteiger partial charge is 0.497 e. The molecule has 35 heavy (non-hydrogen) atoms. The van der Waals surface area contributed by atoms with Crippen LogP contribution in [0.1, 0.15) is 5.69 Å². The van der Waals surface area contributed by atoms with Crippen molar-refractivity contribution in [2.24, 2.45) is 0 Å². The van der Waals surface area contributed by atoms with Crippen molar-refractivity contribution < 1.29 is 13.9 Å². The molecule has 2 aromatic heterocycles. The van der Waals surface area contributed by atoms with Gasteiger partial charge in [0.25, 0.3) is 0 Å². The van der Waals surface area contributed by atoms with Crippen molar-refractivity contribution in [2.75, 3.05) is 12.4 Å². The molecular formula is C28H22FN3O3. The molecule has 0 aliphatic carbocycles. The second-order valence-corrected chi connectivity index (χ2v) is 7.81. The Morgan fingerprint density at radius 3 is 2.23 bits per heavy atom. The highest BCUT2D eigenvalue weighted by molar-refractivity contribution is 5.81. The van der Waals surface area contributed by atoms with Gasteiger partial charge in [-0.05, 0) is 54.6 Å². The van der Waals surface area contributed by atoms with E-state index in [0.717, 1.165) is 11.4 Å². The van der Waals surface area contributed by atoms with Crippen LogP contribution in [0.2, 0.25) is 0 Å². The molecule has 0 amide bonds. The van der Waals surface area contributed by atoms with Crippen LogP contribution in [0.15, 0.2) is 102 Å². The van der Waals surface area contributed by atoms with Crippen LogP contribution in [0.25, 0.3) is 16.7 Å². The van der Waals surface area contributed by atoms with Crippen LogP contribution in [-0.4, -0.2) is 16.7 Å². The number of fused-ring (bicyclic) bond motifs is 1. The molecule has 2 heterocycles. The third-order valence-electron chi connectivity index (χ3n) is 5.51. The summed E-state index contributed by atoms with van der Waals surface area (Å²) in [6.45, 7) is -0.104. The Morgan fingerprint density at radius 1 is 0.886 bits per heavy atom. The molecule has 3 aromatic carbocycles. The lowest BCUT2D eigenvalue weighted by Gasteiger charge is -2.18. The molecule has 0 bridgehead atoms. The molecule has 0 atom stereocenters. The van der Waals surface area contributed by atoms with E-state index in [1.807, 2.05) is 60.7 Å².